The van der Waals surface area contributed by atoms with Gasteiger partial charge in [0, 0.05) is 36.6 Å². The van der Waals surface area contributed by atoms with Crippen molar-refractivity contribution in [3.05, 3.63) is 42.2 Å². The number of anilines is 1. The number of ether oxygens (including phenoxy) is 1. The third-order valence-corrected chi connectivity index (χ3v) is 5.43. The van der Waals surface area contributed by atoms with Gasteiger partial charge in [-0.1, -0.05) is 12.1 Å². The monoisotopic (exact) mass is 372 g/mol. The molecule has 1 saturated heterocycles. The summed E-state index contributed by atoms with van der Waals surface area (Å²) < 4.78 is 5.81. The maximum absolute atomic E-state index is 5.81. The highest BCUT2D eigenvalue weighted by Crippen LogP contribution is 2.20. The number of piperazine rings is 1. The third kappa shape index (κ3) is 4.89. The lowest BCUT2D eigenvalue weighted by Crippen LogP contribution is -2.53. The fourth-order valence-corrected chi connectivity index (χ4v) is 3.42. The highest BCUT2D eigenvalue weighted by atomic mass is 32.2. The first-order valence-corrected chi connectivity index (χ1v) is 10.3. The first-order chi connectivity index (χ1) is 12.5. The summed E-state index contributed by atoms with van der Waals surface area (Å²) in [5.74, 6) is 1.49. The summed E-state index contributed by atoms with van der Waals surface area (Å²) in [6, 6.07) is 8.41. The molecular formula is C20H28N4OS. The maximum atomic E-state index is 5.81. The Hall–Kier alpha value is -1.79. The van der Waals surface area contributed by atoms with Crippen LogP contribution in [0, 0.1) is 0 Å². The van der Waals surface area contributed by atoms with Crippen molar-refractivity contribution in [1.82, 2.24) is 14.9 Å². The molecule has 1 aliphatic heterocycles. The van der Waals surface area contributed by atoms with Gasteiger partial charge in [-0.2, -0.15) is 0 Å². The van der Waals surface area contributed by atoms with E-state index in [0.717, 1.165) is 37.7 Å². The average molecular weight is 373 g/mol. The van der Waals surface area contributed by atoms with Gasteiger partial charge < -0.3 is 9.64 Å². The molecule has 0 spiro atoms. The van der Waals surface area contributed by atoms with Crippen molar-refractivity contribution in [2.45, 2.75) is 37.8 Å². The minimum absolute atomic E-state index is 0.221. The Kier molecular flexibility index (Phi) is 6.04. The van der Waals surface area contributed by atoms with Crippen LogP contribution in [-0.4, -0.2) is 52.8 Å². The Balaban J connectivity index is 1.52. The molecule has 140 valence electrons. The number of rotatable bonds is 5. The Bertz CT molecular complexity index is 689. The van der Waals surface area contributed by atoms with Crippen molar-refractivity contribution < 1.29 is 4.74 Å². The van der Waals surface area contributed by atoms with E-state index in [1.165, 1.54) is 4.90 Å². The smallest absolute Gasteiger partial charge is 0.225 e. The van der Waals surface area contributed by atoms with E-state index in [9.17, 15) is 0 Å². The summed E-state index contributed by atoms with van der Waals surface area (Å²) in [6.45, 7) is 11.3. The van der Waals surface area contributed by atoms with Crippen molar-refractivity contribution in [1.29, 1.82) is 0 Å². The number of hydrogen-bond acceptors (Lipinski definition) is 6. The number of hydrogen-bond donors (Lipinski definition) is 0. The van der Waals surface area contributed by atoms with Gasteiger partial charge in [-0.3, -0.25) is 4.90 Å². The van der Waals surface area contributed by atoms with Crippen molar-refractivity contribution in [3.63, 3.8) is 0 Å². The van der Waals surface area contributed by atoms with Crippen LogP contribution in [0.2, 0.25) is 0 Å². The first-order valence-electron chi connectivity index (χ1n) is 9.03. The fourth-order valence-electron chi connectivity index (χ4n) is 3.01. The molecule has 6 heteroatoms. The zero-order valence-corrected chi connectivity index (χ0v) is 16.9. The van der Waals surface area contributed by atoms with Crippen molar-refractivity contribution in [2.75, 3.05) is 37.3 Å². The molecule has 1 aliphatic rings. The number of aromatic nitrogens is 2. The molecule has 1 aromatic carbocycles. The van der Waals surface area contributed by atoms with Gasteiger partial charge in [0.1, 0.15) is 6.61 Å². The van der Waals surface area contributed by atoms with Crippen LogP contribution in [0.3, 0.4) is 0 Å². The second-order valence-electron chi connectivity index (χ2n) is 7.50. The van der Waals surface area contributed by atoms with Gasteiger partial charge in [0.2, 0.25) is 5.95 Å². The van der Waals surface area contributed by atoms with E-state index in [2.05, 4.69) is 71.1 Å². The van der Waals surface area contributed by atoms with Crippen molar-refractivity contribution >= 4 is 17.7 Å². The topological polar surface area (TPSA) is 41.5 Å². The Labute approximate surface area is 160 Å². The minimum Gasteiger partial charge on any atom is -0.486 e. The van der Waals surface area contributed by atoms with Crippen LogP contribution in [0.15, 0.2) is 41.6 Å². The lowest BCUT2D eigenvalue weighted by molar-refractivity contribution is 0.128. The molecule has 3 rings (SSSR count). The molecule has 2 aromatic rings. The van der Waals surface area contributed by atoms with Gasteiger partial charge >= 0.3 is 0 Å². The van der Waals surface area contributed by atoms with E-state index in [1.54, 1.807) is 24.2 Å². The zero-order valence-electron chi connectivity index (χ0n) is 16.1. The van der Waals surface area contributed by atoms with Gasteiger partial charge in [0.05, 0.1) is 12.4 Å². The van der Waals surface area contributed by atoms with Crippen molar-refractivity contribution in [2.24, 2.45) is 0 Å². The number of thioether (sulfide) groups is 1. The van der Waals surface area contributed by atoms with Crippen LogP contribution in [-0.2, 0) is 6.61 Å². The summed E-state index contributed by atoms with van der Waals surface area (Å²) in [7, 11) is 0. The standard InChI is InChI=1S/C20H28N4OS/c1-20(2,3)24-11-9-23(10-12-24)19-21-13-17(14-22-19)25-15-16-5-7-18(26-4)8-6-16/h5-8,13-14H,9-12,15H2,1-4H3. The fraction of sp³-hybridized carbons (Fsp3) is 0.500. The van der Waals surface area contributed by atoms with E-state index in [-0.39, 0.29) is 5.54 Å². The molecule has 1 fully saturated rings. The summed E-state index contributed by atoms with van der Waals surface area (Å²) in [4.78, 5) is 15.0. The normalized spacial score (nSPS) is 15.9. The molecule has 0 saturated carbocycles. The van der Waals surface area contributed by atoms with E-state index in [1.807, 2.05) is 0 Å². The quantitative estimate of drug-likeness (QED) is 0.746. The molecule has 0 unspecified atom stereocenters. The van der Waals surface area contributed by atoms with Crippen LogP contribution in [0.1, 0.15) is 26.3 Å². The molecule has 0 amide bonds. The van der Waals surface area contributed by atoms with Gasteiger partial charge in [0.25, 0.3) is 0 Å². The van der Waals surface area contributed by atoms with E-state index in [4.69, 9.17) is 4.74 Å². The molecule has 0 bridgehead atoms. The molecular weight excluding hydrogens is 344 g/mol. The van der Waals surface area contributed by atoms with Crippen LogP contribution in [0.25, 0.3) is 0 Å². The third-order valence-electron chi connectivity index (χ3n) is 4.69. The molecule has 1 aromatic heterocycles. The maximum Gasteiger partial charge on any atom is 0.225 e. The summed E-state index contributed by atoms with van der Waals surface area (Å²) >= 11 is 1.74. The van der Waals surface area contributed by atoms with Gasteiger partial charge in [-0.05, 0) is 44.7 Å². The summed E-state index contributed by atoms with van der Waals surface area (Å²) in [5.41, 5.74) is 1.36. The Morgan fingerprint density at radius 1 is 1.00 bits per heavy atom. The predicted molar refractivity (Wildman–Crippen MR) is 108 cm³/mol. The zero-order chi connectivity index (χ0) is 18.6. The molecule has 2 heterocycles. The van der Waals surface area contributed by atoms with E-state index in [0.29, 0.717) is 12.4 Å². The number of benzene rings is 1. The second kappa shape index (κ2) is 8.27. The van der Waals surface area contributed by atoms with Gasteiger partial charge in [-0.25, -0.2) is 9.97 Å². The van der Waals surface area contributed by atoms with Gasteiger partial charge in [-0.15, -0.1) is 11.8 Å². The lowest BCUT2D eigenvalue weighted by Gasteiger charge is -2.42. The first kappa shape index (κ1) is 19.0. The molecule has 0 atom stereocenters. The predicted octanol–water partition coefficient (Wildman–Crippen LogP) is 3.70. The largest absolute Gasteiger partial charge is 0.486 e. The van der Waals surface area contributed by atoms with Crippen LogP contribution in [0.5, 0.6) is 5.75 Å². The SMILES string of the molecule is CSc1ccc(COc2cnc(N3CCN(C(C)(C)C)CC3)nc2)cc1. The molecule has 26 heavy (non-hydrogen) atoms. The average Bonchev–Trinajstić information content (AvgIpc) is 2.66. The van der Waals surface area contributed by atoms with E-state index >= 15 is 0 Å². The highest BCUT2D eigenvalue weighted by molar-refractivity contribution is 7.98. The molecule has 0 N–H and O–H groups in total. The van der Waals surface area contributed by atoms with Gasteiger partial charge in [0.15, 0.2) is 5.75 Å². The van der Waals surface area contributed by atoms with Crippen LogP contribution >= 0.6 is 11.8 Å². The van der Waals surface area contributed by atoms with Crippen LogP contribution < -0.4 is 9.64 Å². The Morgan fingerprint density at radius 2 is 1.62 bits per heavy atom. The number of nitrogens with zero attached hydrogens (tertiary/aromatic N) is 4. The summed E-state index contributed by atoms with van der Waals surface area (Å²) in [6.07, 6.45) is 5.62. The van der Waals surface area contributed by atoms with Crippen LogP contribution in [0.4, 0.5) is 5.95 Å². The highest BCUT2D eigenvalue weighted by Gasteiger charge is 2.26. The van der Waals surface area contributed by atoms with Crippen molar-refractivity contribution in [3.8, 4) is 5.75 Å². The molecule has 0 aliphatic carbocycles. The summed E-state index contributed by atoms with van der Waals surface area (Å²) in [5, 5.41) is 0. The molecule has 0 radical (unpaired) electrons. The Morgan fingerprint density at radius 3 is 2.15 bits per heavy atom. The van der Waals surface area contributed by atoms with E-state index < -0.39 is 0 Å². The second-order valence-corrected chi connectivity index (χ2v) is 8.38. The molecule has 5 nitrogen and oxygen atoms in total. The minimum atomic E-state index is 0.221. The lowest BCUT2D eigenvalue weighted by atomic mass is 10.1.